The third-order valence-electron chi connectivity index (χ3n) is 3.93. The predicted octanol–water partition coefficient (Wildman–Crippen LogP) is 3.17. The number of nitrogens with one attached hydrogen (secondary N) is 1. The van der Waals surface area contributed by atoms with Crippen molar-refractivity contribution in [2.45, 2.75) is 71.4 Å². The highest BCUT2D eigenvalue weighted by Gasteiger charge is 2.21. The molecule has 0 bridgehead atoms. The maximum absolute atomic E-state index is 9.12. The minimum absolute atomic E-state index is 0.369. The van der Waals surface area contributed by atoms with Gasteiger partial charge in [0, 0.05) is 6.04 Å². The van der Waals surface area contributed by atoms with Gasteiger partial charge in [-0.3, -0.25) is 0 Å². The molecule has 0 aliphatic rings. The van der Waals surface area contributed by atoms with Crippen molar-refractivity contribution in [3.63, 3.8) is 0 Å². The molecule has 18 heavy (non-hydrogen) atoms. The Bertz CT molecular complexity index is 247. The van der Waals surface area contributed by atoms with Gasteiger partial charge >= 0.3 is 0 Å². The number of hydrogen-bond acceptors (Lipinski definition) is 3. The van der Waals surface area contributed by atoms with Crippen molar-refractivity contribution in [2.24, 2.45) is 0 Å². The van der Waals surface area contributed by atoms with Gasteiger partial charge in [0.1, 0.15) is 5.54 Å². The summed E-state index contributed by atoms with van der Waals surface area (Å²) in [6.45, 7) is 11.1. The van der Waals surface area contributed by atoms with Gasteiger partial charge in [-0.15, -0.1) is 0 Å². The van der Waals surface area contributed by atoms with Gasteiger partial charge in [0.15, 0.2) is 0 Å². The fourth-order valence-corrected chi connectivity index (χ4v) is 2.04. The average molecular weight is 253 g/mol. The van der Waals surface area contributed by atoms with Gasteiger partial charge in [-0.25, -0.2) is 0 Å². The molecule has 0 heterocycles. The van der Waals surface area contributed by atoms with Gasteiger partial charge < -0.3 is 10.2 Å². The Hall–Kier alpha value is -0.590. The molecule has 0 aliphatic heterocycles. The maximum Gasteiger partial charge on any atom is 0.103 e. The summed E-state index contributed by atoms with van der Waals surface area (Å²) in [5, 5.41) is 12.2. The Morgan fingerprint density at radius 2 is 1.89 bits per heavy atom. The Morgan fingerprint density at radius 1 is 1.28 bits per heavy atom. The first-order valence-electron chi connectivity index (χ1n) is 7.37. The van der Waals surface area contributed by atoms with Crippen LogP contribution in [0.3, 0.4) is 0 Å². The van der Waals surface area contributed by atoms with Crippen molar-refractivity contribution in [2.75, 3.05) is 20.1 Å². The van der Waals surface area contributed by atoms with Crippen molar-refractivity contribution < 1.29 is 0 Å². The minimum Gasteiger partial charge on any atom is -0.303 e. The van der Waals surface area contributed by atoms with Crippen LogP contribution in [0.15, 0.2) is 0 Å². The lowest BCUT2D eigenvalue weighted by Crippen LogP contribution is -2.40. The second kappa shape index (κ2) is 9.35. The SMILES string of the molecule is CCCCN(CCCC(C)(C#N)NC)C(C)CC. The van der Waals surface area contributed by atoms with Gasteiger partial charge in [0.05, 0.1) is 6.07 Å². The second-order valence-corrected chi connectivity index (χ2v) is 5.44. The molecule has 1 N–H and O–H groups in total. The Kier molecular flexibility index (Phi) is 9.05. The van der Waals surface area contributed by atoms with Gasteiger partial charge in [-0.2, -0.15) is 5.26 Å². The van der Waals surface area contributed by atoms with E-state index in [0.717, 1.165) is 19.4 Å². The number of hydrogen-bond donors (Lipinski definition) is 1. The highest BCUT2D eigenvalue weighted by atomic mass is 15.1. The van der Waals surface area contributed by atoms with Crippen LogP contribution in [0.5, 0.6) is 0 Å². The maximum atomic E-state index is 9.12. The third kappa shape index (κ3) is 6.37. The van der Waals surface area contributed by atoms with Crippen LogP contribution in [0.1, 0.15) is 59.8 Å². The molecule has 0 saturated heterocycles. The molecule has 0 aliphatic carbocycles. The summed E-state index contributed by atoms with van der Waals surface area (Å²) in [7, 11) is 1.87. The fourth-order valence-electron chi connectivity index (χ4n) is 2.04. The molecule has 0 fully saturated rings. The number of nitrogens with zero attached hydrogens (tertiary/aromatic N) is 2. The molecule has 2 unspecified atom stereocenters. The molecule has 0 aromatic rings. The number of nitriles is 1. The number of unbranched alkanes of at least 4 members (excludes halogenated alkanes) is 1. The minimum atomic E-state index is -0.369. The lowest BCUT2D eigenvalue weighted by atomic mass is 9.97. The summed E-state index contributed by atoms with van der Waals surface area (Å²) in [6.07, 6.45) is 5.72. The normalized spacial score (nSPS) is 16.3. The first-order valence-corrected chi connectivity index (χ1v) is 7.37. The van der Waals surface area contributed by atoms with Crippen molar-refractivity contribution in [1.82, 2.24) is 10.2 Å². The standard InChI is InChI=1S/C15H31N3/c1-6-8-11-18(14(3)7-2)12-9-10-15(4,13-16)17-5/h14,17H,6-12H2,1-5H3. The quantitative estimate of drug-likeness (QED) is 0.650. The second-order valence-electron chi connectivity index (χ2n) is 5.44. The molecule has 0 aromatic heterocycles. The van der Waals surface area contributed by atoms with Crippen molar-refractivity contribution in [3.8, 4) is 6.07 Å². The molecular formula is C15H31N3. The molecule has 2 atom stereocenters. The zero-order valence-corrected chi connectivity index (χ0v) is 12.9. The molecule has 0 spiro atoms. The fraction of sp³-hybridized carbons (Fsp3) is 0.933. The molecular weight excluding hydrogens is 222 g/mol. The molecule has 0 saturated carbocycles. The predicted molar refractivity (Wildman–Crippen MR) is 78.5 cm³/mol. The van der Waals surface area contributed by atoms with Crippen molar-refractivity contribution >= 4 is 0 Å². The molecule has 106 valence electrons. The monoisotopic (exact) mass is 253 g/mol. The number of rotatable bonds is 10. The van der Waals surface area contributed by atoms with E-state index in [1.54, 1.807) is 0 Å². The lowest BCUT2D eigenvalue weighted by Gasteiger charge is -2.29. The van der Waals surface area contributed by atoms with E-state index in [-0.39, 0.29) is 5.54 Å². The van der Waals surface area contributed by atoms with Crippen molar-refractivity contribution in [1.29, 1.82) is 5.26 Å². The summed E-state index contributed by atoms with van der Waals surface area (Å²) in [5.41, 5.74) is -0.369. The van der Waals surface area contributed by atoms with Gasteiger partial charge in [0.2, 0.25) is 0 Å². The van der Waals surface area contributed by atoms with E-state index in [1.165, 1.54) is 25.8 Å². The van der Waals surface area contributed by atoms with Crippen LogP contribution in [-0.2, 0) is 0 Å². The molecule has 0 amide bonds. The molecule has 0 aromatic carbocycles. The van der Waals surface area contributed by atoms with Gasteiger partial charge in [0.25, 0.3) is 0 Å². The van der Waals surface area contributed by atoms with E-state index in [4.69, 9.17) is 5.26 Å². The Balaban J connectivity index is 4.14. The molecule has 0 radical (unpaired) electrons. The largest absolute Gasteiger partial charge is 0.303 e. The van der Waals surface area contributed by atoms with Crippen LogP contribution in [0.2, 0.25) is 0 Å². The third-order valence-corrected chi connectivity index (χ3v) is 3.93. The summed E-state index contributed by atoms with van der Waals surface area (Å²) in [6, 6.07) is 3.01. The van der Waals surface area contributed by atoms with Crippen LogP contribution in [0.25, 0.3) is 0 Å². The highest BCUT2D eigenvalue weighted by molar-refractivity contribution is 5.02. The summed E-state index contributed by atoms with van der Waals surface area (Å²) in [5.74, 6) is 0. The van der Waals surface area contributed by atoms with E-state index in [9.17, 15) is 0 Å². The lowest BCUT2D eigenvalue weighted by molar-refractivity contribution is 0.192. The van der Waals surface area contributed by atoms with Gasteiger partial charge in [-0.05, 0) is 59.7 Å². The first kappa shape index (κ1) is 17.4. The van der Waals surface area contributed by atoms with E-state index >= 15 is 0 Å². The van der Waals surface area contributed by atoms with E-state index in [1.807, 2.05) is 14.0 Å². The smallest absolute Gasteiger partial charge is 0.103 e. The van der Waals surface area contributed by atoms with Crippen LogP contribution in [0.4, 0.5) is 0 Å². The van der Waals surface area contributed by atoms with E-state index in [2.05, 4.69) is 37.1 Å². The zero-order chi connectivity index (χ0) is 14.0. The topological polar surface area (TPSA) is 39.1 Å². The Morgan fingerprint density at radius 3 is 2.33 bits per heavy atom. The first-order chi connectivity index (χ1) is 8.52. The zero-order valence-electron chi connectivity index (χ0n) is 12.9. The van der Waals surface area contributed by atoms with E-state index in [0.29, 0.717) is 6.04 Å². The molecule has 3 nitrogen and oxygen atoms in total. The van der Waals surface area contributed by atoms with Crippen LogP contribution >= 0.6 is 0 Å². The van der Waals surface area contributed by atoms with Crippen molar-refractivity contribution in [3.05, 3.63) is 0 Å². The summed E-state index contributed by atoms with van der Waals surface area (Å²) in [4.78, 5) is 2.57. The van der Waals surface area contributed by atoms with Crippen LogP contribution in [0, 0.1) is 11.3 Å². The highest BCUT2D eigenvalue weighted by Crippen LogP contribution is 2.13. The average Bonchev–Trinajstić information content (AvgIpc) is 2.41. The molecule has 0 rings (SSSR count). The van der Waals surface area contributed by atoms with Gasteiger partial charge in [-0.1, -0.05) is 20.3 Å². The molecule has 3 heteroatoms. The summed E-state index contributed by atoms with van der Waals surface area (Å²) < 4.78 is 0. The van der Waals surface area contributed by atoms with E-state index < -0.39 is 0 Å². The summed E-state index contributed by atoms with van der Waals surface area (Å²) >= 11 is 0. The Labute approximate surface area is 114 Å². The van der Waals surface area contributed by atoms with Crippen LogP contribution < -0.4 is 5.32 Å². The van der Waals surface area contributed by atoms with Crippen LogP contribution in [-0.4, -0.2) is 36.6 Å².